The van der Waals surface area contributed by atoms with Gasteiger partial charge in [0, 0.05) is 20.1 Å². The zero-order valence-electron chi connectivity index (χ0n) is 11.6. The number of rotatable bonds is 4. The molecule has 4 aliphatic rings. The SMILES string of the molecule is CCC(=O)NCC1(OC)C2CC3CC(C2)CC1C3. The molecule has 18 heavy (non-hydrogen) atoms. The van der Waals surface area contributed by atoms with Crippen molar-refractivity contribution >= 4 is 5.91 Å². The van der Waals surface area contributed by atoms with Crippen molar-refractivity contribution < 1.29 is 9.53 Å². The molecule has 4 aliphatic carbocycles. The zero-order chi connectivity index (χ0) is 12.8. The highest BCUT2D eigenvalue weighted by molar-refractivity contribution is 5.75. The highest BCUT2D eigenvalue weighted by Gasteiger charge is 2.57. The minimum Gasteiger partial charge on any atom is -0.376 e. The molecule has 4 bridgehead atoms. The lowest BCUT2D eigenvalue weighted by Gasteiger charge is -2.60. The van der Waals surface area contributed by atoms with E-state index in [9.17, 15) is 4.79 Å². The van der Waals surface area contributed by atoms with Crippen LogP contribution in [0.15, 0.2) is 0 Å². The molecule has 102 valence electrons. The first-order valence-corrected chi connectivity index (χ1v) is 7.49. The normalized spacial score (nSPS) is 45.2. The summed E-state index contributed by atoms with van der Waals surface area (Å²) in [6.07, 6.45) is 7.31. The van der Waals surface area contributed by atoms with Gasteiger partial charge >= 0.3 is 0 Å². The van der Waals surface area contributed by atoms with Crippen molar-refractivity contribution in [1.29, 1.82) is 0 Å². The van der Waals surface area contributed by atoms with Crippen molar-refractivity contribution in [3.05, 3.63) is 0 Å². The number of methoxy groups -OCH3 is 1. The average molecular weight is 251 g/mol. The molecule has 4 rings (SSSR count). The van der Waals surface area contributed by atoms with Crippen LogP contribution in [-0.2, 0) is 9.53 Å². The van der Waals surface area contributed by atoms with E-state index in [0.717, 1.165) is 18.4 Å². The number of hydrogen-bond donors (Lipinski definition) is 1. The van der Waals surface area contributed by atoms with E-state index in [1.807, 2.05) is 14.0 Å². The predicted molar refractivity (Wildman–Crippen MR) is 70.1 cm³/mol. The van der Waals surface area contributed by atoms with Gasteiger partial charge in [0.15, 0.2) is 0 Å². The lowest BCUT2D eigenvalue weighted by molar-refractivity contribution is -0.188. The van der Waals surface area contributed by atoms with Gasteiger partial charge in [0.25, 0.3) is 0 Å². The molecule has 0 heterocycles. The van der Waals surface area contributed by atoms with E-state index in [-0.39, 0.29) is 11.5 Å². The molecule has 0 unspecified atom stereocenters. The van der Waals surface area contributed by atoms with Gasteiger partial charge in [0.05, 0.1) is 5.60 Å². The molecule has 0 aromatic heterocycles. The van der Waals surface area contributed by atoms with Gasteiger partial charge in [-0.05, 0) is 55.8 Å². The molecule has 0 aliphatic heterocycles. The van der Waals surface area contributed by atoms with Crippen LogP contribution in [0.1, 0.15) is 45.4 Å². The molecule has 0 aromatic rings. The monoisotopic (exact) mass is 251 g/mol. The Morgan fingerprint density at radius 3 is 2.17 bits per heavy atom. The molecule has 1 amide bonds. The highest BCUT2D eigenvalue weighted by Crippen LogP contribution is 2.59. The van der Waals surface area contributed by atoms with Crippen LogP contribution in [0.25, 0.3) is 0 Å². The van der Waals surface area contributed by atoms with Crippen molar-refractivity contribution in [2.75, 3.05) is 13.7 Å². The Bertz CT molecular complexity index is 311. The van der Waals surface area contributed by atoms with Gasteiger partial charge in [0.1, 0.15) is 0 Å². The largest absolute Gasteiger partial charge is 0.376 e. The van der Waals surface area contributed by atoms with Gasteiger partial charge in [0.2, 0.25) is 5.91 Å². The summed E-state index contributed by atoms with van der Waals surface area (Å²) in [6.45, 7) is 2.64. The molecule has 3 nitrogen and oxygen atoms in total. The first-order chi connectivity index (χ1) is 8.68. The van der Waals surface area contributed by atoms with E-state index in [2.05, 4.69) is 5.32 Å². The van der Waals surface area contributed by atoms with Gasteiger partial charge in [-0.1, -0.05) is 6.92 Å². The lowest BCUT2D eigenvalue weighted by atomic mass is 9.49. The second-order valence-electron chi connectivity index (χ2n) is 6.59. The van der Waals surface area contributed by atoms with Crippen LogP contribution >= 0.6 is 0 Å². The van der Waals surface area contributed by atoms with Crippen LogP contribution in [0.4, 0.5) is 0 Å². The molecule has 3 heteroatoms. The fourth-order valence-corrected chi connectivity index (χ4v) is 5.04. The second kappa shape index (κ2) is 4.52. The Labute approximate surface area is 110 Å². The van der Waals surface area contributed by atoms with Crippen LogP contribution in [0, 0.1) is 23.7 Å². The third-order valence-electron chi connectivity index (χ3n) is 5.78. The highest BCUT2D eigenvalue weighted by atomic mass is 16.5. The van der Waals surface area contributed by atoms with Gasteiger partial charge in [-0.3, -0.25) is 4.79 Å². The van der Waals surface area contributed by atoms with Crippen molar-refractivity contribution in [1.82, 2.24) is 5.32 Å². The Morgan fingerprint density at radius 1 is 1.17 bits per heavy atom. The Kier molecular flexibility index (Phi) is 3.13. The smallest absolute Gasteiger partial charge is 0.219 e. The Morgan fingerprint density at radius 2 is 1.72 bits per heavy atom. The fourth-order valence-electron chi connectivity index (χ4n) is 5.04. The molecule has 1 N–H and O–H groups in total. The summed E-state index contributed by atoms with van der Waals surface area (Å²) in [4.78, 5) is 11.5. The van der Waals surface area contributed by atoms with Gasteiger partial charge in [-0.2, -0.15) is 0 Å². The third-order valence-corrected chi connectivity index (χ3v) is 5.78. The number of amides is 1. The maximum Gasteiger partial charge on any atom is 0.219 e. The number of ether oxygens (including phenoxy) is 1. The van der Waals surface area contributed by atoms with Crippen molar-refractivity contribution in [2.45, 2.75) is 51.0 Å². The fraction of sp³-hybridized carbons (Fsp3) is 0.933. The number of carbonyl (C=O) groups excluding carboxylic acids is 1. The van der Waals surface area contributed by atoms with E-state index >= 15 is 0 Å². The first kappa shape index (κ1) is 12.5. The molecule has 0 spiro atoms. The van der Waals surface area contributed by atoms with Crippen LogP contribution in [0.2, 0.25) is 0 Å². The average Bonchev–Trinajstić information content (AvgIpc) is 2.37. The molecule has 0 aromatic carbocycles. The minimum absolute atomic E-state index is 0.0573. The standard InChI is InChI=1S/C15H25NO2/c1-3-14(17)16-9-15(18-2)12-5-10-4-11(7-12)8-13(15)6-10/h10-13H,3-9H2,1-2H3,(H,16,17). The second-order valence-corrected chi connectivity index (χ2v) is 6.59. The summed E-state index contributed by atoms with van der Waals surface area (Å²) in [6, 6.07) is 0. The van der Waals surface area contributed by atoms with Gasteiger partial charge < -0.3 is 10.1 Å². The third kappa shape index (κ3) is 1.78. The Balaban J connectivity index is 1.76. The summed E-state index contributed by atoms with van der Waals surface area (Å²) >= 11 is 0. The summed E-state index contributed by atoms with van der Waals surface area (Å²) in [7, 11) is 1.85. The molecular weight excluding hydrogens is 226 g/mol. The number of nitrogens with one attached hydrogen (secondary N) is 1. The quantitative estimate of drug-likeness (QED) is 0.833. The number of hydrogen-bond acceptors (Lipinski definition) is 2. The number of carbonyl (C=O) groups is 1. The summed E-state index contributed by atoms with van der Waals surface area (Å²) < 4.78 is 5.99. The maximum absolute atomic E-state index is 11.5. The van der Waals surface area contributed by atoms with Crippen molar-refractivity contribution in [2.24, 2.45) is 23.7 Å². The van der Waals surface area contributed by atoms with Crippen LogP contribution < -0.4 is 5.32 Å². The summed E-state index contributed by atoms with van der Waals surface area (Å²) in [5.41, 5.74) is -0.0573. The molecule has 4 saturated carbocycles. The molecule has 4 fully saturated rings. The maximum atomic E-state index is 11.5. The van der Waals surface area contributed by atoms with E-state index in [1.54, 1.807) is 0 Å². The van der Waals surface area contributed by atoms with Crippen molar-refractivity contribution in [3.63, 3.8) is 0 Å². The zero-order valence-corrected chi connectivity index (χ0v) is 11.6. The lowest BCUT2D eigenvalue weighted by Crippen LogP contribution is -2.63. The summed E-state index contributed by atoms with van der Waals surface area (Å²) in [5, 5.41) is 3.09. The molecule has 0 radical (unpaired) electrons. The van der Waals surface area contributed by atoms with E-state index in [0.29, 0.717) is 18.3 Å². The van der Waals surface area contributed by atoms with E-state index in [1.165, 1.54) is 32.1 Å². The van der Waals surface area contributed by atoms with Crippen LogP contribution in [0.5, 0.6) is 0 Å². The minimum atomic E-state index is -0.0573. The molecular formula is C15H25NO2. The van der Waals surface area contributed by atoms with E-state index < -0.39 is 0 Å². The first-order valence-electron chi connectivity index (χ1n) is 7.49. The summed E-state index contributed by atoms with van der Waals surface area (Å²) in [5.74, 6) is 3.39. The topological polar surface area (TPSA) is 38.3 Å². The Hall–Kier alpha value is -0.570. The van der Waals surface area contributed by atoms with Crippen LogP contribution in [0.3, 0.4) is 0 Å². The van der Waals surface area contributed by atoms with Crippen LogP contribution in [-0.4, -0.2) is 25.2 Å². The van der Waals surface area contributed by atoms with Gasteiger partial charge in [-0.15, -0.1) is 0 Å². The van der Waals surface area contributed by atoms with Crippen molar-refractivity contribution in [3.8, 4) is 0 Å². The molecule has 0 saturated heterocycles. The van der Waals surface area contributed by atoms with E-state index in [4.69, 9.17) is 4.74 Å². The molecule has 0 atom stereocenters. The van der Waals surface area contributed by atoms with Gasteiger partial charge in [-0.25, -0.2) is 0 Å². The predicted octanol–water partition coefficient (Wildman–Crippen LogP) is 2.35.